The van der Waals surface area contributed by atoms with Gasteiger partial charge in [-0.15, -0.1) is 0 Å². The quantitative estimate of drug-likeness (QED) is 0.584. The van der Waals surface area contributed by atoms with Crippen LogP contribution in [0, 0.1) is 0 Å². The molecule has 0 bridgehead atoms. The first-order valence-corrected chi connectivity index (χ1v) is 8.84. The first-order chi connectivity index (χ1) is 11.8. The van der Waals surface area contributed by atoms with Gasteiger partial charge < -0.3 is 16.0 Å². The van der Waals surface area contributed by atoms with Crippen LogP contribution in [0.1, 0.15) is 29.7 Å². The summed E-state index contributed by atoms with van der Waals surface area (Å²) < 4.78 is 0. The number of halogens is 2. The molecule has 0 saturated heterocycles. The Hall–Kier alpha value is -1.75. The van der Waals surface area contributed by atoms with Crippen molar-refractivity contribution in [2.24, 2.45) is 10.7 Å². The fraction of sp³-hybridized carbons (Fsp3) is 0.316. The second kappa shape index (κ2) is 9.09. The molecule has 1 unspecified atom stereocenters. The Balaban J connectivity index is 1.94. The van der Waals surface area contributed by atoms with Gasteiger partial charge in [-0.2, -0.15) is 0 Å². The zero-order chi connectivity index (χ0) is 18.4. The first-order valence-electron chi connectivity index (χ1n) is 8.09. The highest BCUT2D eigenvalue weighted by Crippen LogP contribution is 2.25. The lowest BCUT2D eigenvalue weighted by Crippen LogP contribution is -2.34. The third kappa shape index (κ3) is 6.24. The molecular formula is C19H24Cl2N4. The maximum absolute atomic E-state index is 6.22. The Labute approximate surface area is 159 Å². The summed E-state index contributed by atoms with van der Waals surface area (Å²) in [4.78, 5) is 6.54. The number of benzene rings is 2. The van der Waals surface area contributed by atoms with E-state index in [2.05, 4.69) is 53.6 Å². The van der Waals surface area contributed by atoms with Crippen molar-refractivity contribution in [3.05, 3.63) is 69.2 Å². The van der Waals surface area contributed by atoms with Crippen molar-refractivity contribution in [3.8, 4) is 0 Å². The van der Waals surface area contributed by atoms with Crippen LogP contribution in [0.4, 0.5) is 0 Å². The van der Waals surface area contributed by atoms with Crippen molar-refractivity contribution in [3.63, 3.8) is 0 Å². The molecule has 0 spiro atoms. The topological polar surface area (TPSA) is 53.6 Å². The van der Waals surface area contributed by atoms with E-state index in [1.165, 1.54) is 5.56 Å². The van der Waals surface area contributed by atoms with E-state index in [1.54, 1.807) is 6.07 Å². The predicted octanol–water partition coefficient (Wildman–Crippen LogP) is 4.22. The molecule has 0 heterocycles. The van der Waals surface area contributed by atoms with Gasteiger partial charge in [-0.05, 0) is 49.8 Å². The van der Waals surface area contributed by atoms with Gasteiger partial charge in [-0.25, -0.2) is 4.99 Å². The summed E-state index contributed by atoms with van der Waals surface area (Å²) in [6, 6.07) is 13.7. The summed E-state index contributed by atoms with van der Waals surface area (Å²) in [7, 11) is 4.11. The summed E-state index contributed by atoms with van der Waals surface area (Å²) in [5, 5.41) is 4.38. The van der Waals surface area contributed by atoms with Crippen molar-refractivity contribution in [2.75, 3.05) is 14.1 Å². The zero-order valence-corrected chi connectivity index (χ0v) is 16.3. The highest BCUT2D eigenvalue weighted by atomic mass is 35.5. The van der Waals surface area contributed by atoms with Gasteiger partial charge in [0.25, 0.3) is 0 Å². The van der Waals surface area contributed by atoms with Crippen LogP contribution in [0.5, 0.6) is 0 Å². The fourth-order valence-corrected chi connectivity index (χ4v) is 3.06. The molecule has 0 aliphatic heterocycles. The molecule has 0 aromatic heterocycles. The standard InChI is InChI=1S/C19H24Cl2N4/c1-13(17-9-8-16(20)10-18(17)21)24-19(22)23-11-14-4-6-15(7-5-14)12-25(2)3/h4-10,13H,11-12H2,1-3H3,(H3,22,23,24). The van der Waals surface area contributed by atoms with E-state index in [4.69, 9.17) is 28.9 Å². The number of aliphatic imine (C=N–C) groups is 1. The smallest absolute Gasteiger partial charge is 0.189 e. The van der Waals surface area contributed by atoms with Crippen molar-refractivity contribution < 1.29 is 0 Å². The Bertz CT molecular complexity index is 727. The van der Waals surface area contributed by atoms with Crippen LogP contribution in [0.3, 0.4) is 0 Å². The molecular weight excluding hydrogens is 355 g/mol. The SMILES string of the molecule is CC(NC(N)=NCc1ccc(CN(C)C)cc1)c1ccc(Cl)cc1Cl. The molecule has 2 aromatic rings. The summed E-state index contributed by atoms with van der Waals surface area (Å²) in [6.07, 6.45) is 0. The maximum atomic E-state index is 6.22. The molecule has 4 nitrogen and oxygen atoms in total. The molecule has 2 rings (SSSR count). The summed E-state index contributed by atoms with van der Waals surface area (Å²) >= 11 is 12.2. The normalized spacial score (nSPS) is 13.1. The highest BCUT2D eigenvalue weighted by molar-refractivity contribution is 6.35. The van der Waals surface area contributed by atoms with Gasteiger partial charge in [0.1, 0.15) is 0 Å². The van der Waals surface area contributed by atoms with Crippen LogP contribution in [-0.4, -0.2) is 25.0 Å². The van der Waals surface area contributed by atoms with Crippen LogP contribution in [0.25, 0.3) is 0 Å². The number of nitrogens with two attached hydrogens (primary N) is 1. The molecule has 0 fully saturated rings. The molecule has 3 N–H and O–H groups in total. The van der Waals surface area contributed by atoms with Gasteiger partial charge in [0.2, 0.25) is 0 Å². The third-order valence-corrected chi connectivity index (χ3v) is 4.31. The lowest BCUT2D eigenvalue weighted by atomic mass is 10.1. The minimum atomic E-state index is -0.0593. The lowest BCUT2D eigenvalue weighted by molar-refractivity contribution is 0.402. The molecule has 134 valence electrons. The monoisotopic (exact) mass is 378 g/mol. The molecule has 6 heteroatoms. The van der Waals surface area contributed by atoms with Crippen molar-refractivity contribution in [1.29, 1.82) is 0 Å². The predicted molar refractivity (Wildman–Crippen MR) is 107 cm³/mol. The van der Waals surface area contributed by atoms with Crippen LogP contribution in [0.15, 0.2) is 47.5 Å². The van der Waals surface area contributed by atoms with Crippen molar-refractivity contribution in [1.82, 2.24) is 10.2 Å². The molecule has 0 aliphatic carbocycles. The Kier molecular flexibility index (Phi) is 7.12. The van der Waals surface area contributed by atoms with Crippen LogP contribution in [0.2, 0.25) is 10.0 Å². The molecule has 0 aliphatic rings. The van der Waals surface area contributed by atoms with E-state index in [9.17, 15) is 0 Å². The van der Waals surface area contributed by atoms with Gasteiger partial charge in [0, 0.05) is 16.6 Å². The number of nitrogens with one attached hydrogen (secondary N) is 1. The molecule has 1 atom stereocenters. The average molecular weight is 379 g/mol. The Morgan fingerprint density at radius 2 is 1.76 bits per heavy atom. The van der Waals surface area contributed by atoms with E-state index >= 15 is 0 Å². The van der Waals surface area contributed by atoms with Gasteiger partial charge >= 0.3 is 0 Å². The summed E-state index contributed by atoms with van der Waals surface area (Å²) in [6.45, 7) is 3.43. The van der Waals surface area contributed by atoms with Crippen LogP contribution < -0.4 is 11.1 Å². The number of guanidine groups is 1. The molecule has 0 amide bonds. The highest BCUT2D eigenvalue weighted by Gasteiger charge is 2.10. The van der Waals surface area contributed by atoms with Crippen molar-refractivity contribution in [2.45, 2.75) is 26.1 Å². The Morgan fingerprint density at radius 3 is 2.36 bits per heavy atom. The average Bonchev–Trinajstić information content (AvgIpc) is 2.53. The summed E-state index contributed by atoms with van der Waals surface area (Å²) in [5.74, 6) is 0.385. The van der Waals surface area contributed by atoms with E-state index < -0.39 is 0 Å². The van der Waals surface area contributed by atoms with E-state index in [0.717, 1.165) is 17.7 Å². The molecule has 0 saturated carbocycles. The minimum absolute atomic E-state index is 0.0593. The van der Waals surface area contributed by atoms with E-state index in [-0.39, 0.29) is 6.04 Å². The second-order valence-corrected chi connectivity index (χ2v) is 7.13. The van der Waals surface area contributed by atoms with E-state index in [0.29, 0.717) is 22.5 Å². The zero-order valence-electron chi connectivity index (χ0n) is 14.8. The Morgan fingerprint density at radius 1 is 1.12 bits per heavy atom. The van der Waals surface area contributed by atoms with Crippen molar-refractivity contribution >= 4 is 29.2 Å². The third-order valence-electron chi connectivity index (χ3n) is 3.75. The number of nitrogens with zero attached hydrogens (tertiary/aromatic N) is 2. The second-order valence-electron chi connectivity index (χ2n) is 6.29. The minimum Gasteiger partial charge on any atom is -0.370 e. The molecule has 0 radical (unpaired) electrons. The summed E-state index contributed by atoms with van der Waals surface area (Å²) in [5.41, 5.74) is 9.31. The first kappa shape index (κ1) is 19.6. The molecule has 25 heavy (non-hydrogen) atoms. The van der Waals surface area contributed by atoms with Crippen LogP contribution in [-0.2, 0) is 13.1 Å². The maximum Gasteiger partial charge on any atom is 0.189 e. The van der Waals surface area contributed by atoms with Crippen LogP contribution >= 0.6 is 23.2 Å². The van der Waals surface area contributed by atoms with E-state index in [1.807, 2.05) is 19.1 Å². The molecule has 2 aromatic carbocycles. The van der Waals surface area contributed by atoms with Gasteiger partial charge in [-0.3, -0.25) is 0 Å². The number of hydrogen-bond acceptors (Lipinski definition) is 2. The van der Waals surface area contributed by atoms with Gasteiger partial charge in [0.15, 0.2) is 5.96 Å². The number of rotatable bonds is 6. The van der Waals surface area contributed by atoms with Gasteiger partial charge in [0.05, 0.1) is 12.6 Å². The largest absolute Gasteiger partial charge is 0.370 e. The lowest BCUT2D eigenvalue weighted by Gasteiger charge is -2.16. The fourth-order valence-electron chi connectivity index (χ4n) is 2.49. The number of hydrogen-bond donors (Lipinski definition) is 2. The van der Waals surface area contributed by atoms with Gasteiger partial charge in [-0.1, -0.05) is 53.5 Å².